The van der Waals surface area contributed by atoms with Crippen LogP contribution in [0.15, 0.2) is 23.0 Å². The van der Waals surface area contributed by atoms with Gasteiger partial charge in [-0.15, -0.1) is 0 Å². The molecule has 1 saturated carbocycles. The summed E-state index contributed by atoms with van der Waals surface area (Å²) >= 11 is 0. The number of aliphatic hydroxyl groups is 2. The van der Waals surface area contributed by atoms with E-state index in [1.54, 1.807) is 25.1 Å². The van der Waals surface area contributed by atoms with Crippen molar-refractivity contribution in [2.24, 2.45) is 23.5 Å². The molecule has 0 aliphatic heterocycles. The van der Waals surface area contributed by atoms with Crippen LogP contribution in [0.1, 0.15) is 41.3 Å². The minimum absolute atomic E-state index is 0.0150. The fourth-order valence-corrected chi connectivity index (χ4v) is 5.36. The van der Waals surface area contributed by atoms with Crippen LogP contribution >= 0.6 is 0 Å². The molecule has 0 heterocycles. The summed E-state index contributed by atoms with van der Waals surface area (Å²) in [7, 11) is 3.53. The molecule has 3 unspecified atom stereocenters. The zero-order valence-corrected chi connectivity index (χ0v) is 17.9. The zero-order valence-electron chi connectivity index (χ0n) is 17.9. The van der Waals surface area contributed by atoms with Crippen molar-refractivity contribution in [1.82, 2.24) is 0 Å². The lowest BCUT2D eigenvalue weighted by atomic mass is 9.61. The number of Topliss-reactive ketones (excluding diaryl/α,β-unsaturated/α-hetero) is 3. The van der Waals surface area contributed by atoms with E-state index in [1.165, 1.54) is 6.92 Å². The number of primary amides is 1. The molecule has 168 valence electrons. The van der Waals surface area contributed by atoms with Crippen LogP contribution in [0.3, 0.4) is 0 Å². The van der Waals surface area contributed by atoms with Gasteiger partial charge in [-0.05, 0) is 43.2 Å². The van der Waals surface area contributed by atoms with Gasteiger partial charge in [-0.2, -0.15) is 0 Å². The zero-order chi connectivity index (χ0) is 23.6. The SMILES string of the molecule is CC(=O)c1cc(N(C)C)c2c(c1O)C(O)=C1C(=O)C3C(O)=C(C(N)=O)C(=O)CC3CC1C2. The van der Waals surface area contributed by atoms with Crippen molar-refractivity contribution >= 4 is 34.7 Å². The van der Waals surface area contributed by atoms with Gasteiger partial charge in [0.25, 0.3) is 5.91 Å². The Morgan fingerprint density at radius 2 is 1.78 bits per heavy atom. The highest BCUT2D eigenvalue weighted by atomic mass is 16.3. The maximum atomic E-state index is 13.4. The number of benzene rings is 1. The number of carbonyl (C=O) groups excluding carboxylic acids is 4. The van der Waals surface area contributed by atoms with E-state index >= 15 is 0 Å². The number of carbonyl (C=O) groups is 4. The summed E-state index contributed by atoms with van der Waals surface area (Å²) in [4.78, 5) is 51.3. The minimum atomic E-state index is -1.17. The van der Waals surface area contributed by atoms with Gasteiger partial charge >= 0.3 is 0 Å². The molecule has 3 aliphatic carbocycles. The van der Waals surface area contributed by atoms with Gasteiger partial charge in [0.2, 0.25) is 0 Å². The molecule has 1 aromatic carbocycles. The van der Waals surface area contributed by atoms with Crippen molar-refractivity contribution in [3.63, 3.8) is 0 Å². The van der Waals surface area contributed by atoms with Gasteiger partial charge in [-0.1, -0.05) is 0 Å². The Labute approximate surface area is 183 Å². The van der Waals surface area contributed by atoms with Crippen LogP contribution in [0.2, 0.25) is 0 Å². The van der Waals surface area contributed by atoms with Gasteiger partial charge in [0, 0.05) is 31.8 Å². The lowest BCUT2D eigenvalue weighted by Gasteiger charge is -2.41. The fraction of sp³-hybridized carbons (Fsp3) is 0.391. The molecule has 5 N–H and O–H groups in total. The number of anilines is 1. The van der Waals surface area contributed by atoms with E-state index in [0.717, 1.165) is 0 Å². The number of fused-ring (bicyclic) bond motifs is 3. The number of aromatic hydroxyl groups is 1. The lowest BCUT2D eigenvalue weighted by Crippen LogP contribution is -2.44. The summed E-state index contributed by atoms with van der Waals surface area (Å²) in [6.45, 7) is 1.29. The van der Waals surface area contributed by atoms with E-state index in [2.05, 4.69) is 0 Å². The first kappa shape index (κ1) is 21.6. The average Bonchev–Trinajstić information content (AvgIpc) is 2.66. The van der Waals surface area contributed by atoms with Crippen LogP contribution in [-0.4, -0.2) is 52.7 Å². The standard InChI is InChI=1S/C23H24N2O7/c1-8(26)11-7-13(25(2)3)12-5-9-4-10-6-14(27)18(23(24)32)22(31)16(10)20(29)15(9)21(30)17(12)19(11)28/h7,9-10,16,28,30-31H,4-6H2,1-3H3,(H2,24,32). The first-order valence-electron chi connectivity index (χ1n) is 10.3. The van der Waals surface area contributed by atoms with E-state index in [-0.39, 0.29) is 23.1 Å². The Morgan fingerprint density at radius 1 is 1.12 bits per heavy atom. The van der Waals surface area contributed by atoms with Crippen LogP contribution in [-0.2, 0) is 20.8 Å². The Morgan fingerprint density at radius 3 is 2.34 bits per heavy atom. The van der Waals surface area contributed by atoms with Gasteiger partial charge in [-0.3, -0.25) is 19.2 Å². The molecule has 0 radical (unpaired) electrons. The minimum Gasteiger partial charge on any atom is -0.511 e. The highest BCUT2D eigenvalue weighted by Crippen LogP contribution is 2.52. The smallest absolute Gasteiger partial charge is 0.255 e. The highest BCUT2D eigenvalue weighted by molar-refractivity contribution is 6.21. The molecule has 0 spiro atoms. The number of phenols is 1. The van der Waals surface area contributed by atoms with Crippen molar-refractivity contribution in [1.29, 1.82) is 0 Å². The Kier molecular flexibility index (Phi) is 4.87. The van der Waals surface area contributed by atoms with Gasteiger partial charge in [0.1, 0.15) is 22.8 Å². The highest BCUT2D eigenvalue weighted by Gasteiger charge is 2.51. The molecule has 9 heteroatoms. The molecule has 9 nitrogen and oxygen atoms in total. The van der Waals surface area contributed by atoms with E-state index in [4.69, 9.17) is 5.73 Å². The van der Waals surface area contributed by atoms with Gasteiger partial charge in [0.15, 0.2) is 17.3 Å². The van der Waals surface area contributed by atoms with Crippen molar-refractivity contribution in [2.75, 3.05) is 19.0 Å². The number of rotatable bonds is 3. The Hall–Kier alpha value is -3.62. The molecular formula is C23H24N2O7. The fourth-order valence-electron chi connectivity index (χ4n) is 5.36. The largest absolute Gasteiger partial charge is 0.511 e. The maximum Gasteiger partial charge on any atom is 0.255 e. The van der Waals surface area contributed by atoms with E-state index in [0.29, 0.717) is 24.1 Å². The summed E-state index contributed by atoms with van der Waals surface area (Å²) in [5.74, 6) is -6.40. The first-order valence-corrected chi connectivity index (χ1v) is 10.3. The summed E-state index contributed by atoms with van der Waals surface area (Å²) in [6.07, 6.45) is 0.509. The number of hydrogen-bond donors (Lipinski definition) is 4. The van der Waals surface area contributed by atoms with Crippen molar-refractivity contribution in [3.8, 4) is 5.75 Å². The predicted molar refractivity (Wildman–Crippen MR) is 114 cm³/mol. The number of amides is 1. The monoisotopic (exact) mass is 440 g/mol. The molecule has 0 bridgehead atoms. The van der Waals surface area contributed by atoms with Crippen LogP contribution < -0.4 is 10.6 Å². The molecule has 32 heavy (non-hydrogen) atoms. The molecule has 1 fully saturated rings. The number of aliphatic hydroxyl groups excluding tert-OH is 2. The second-order valence-electron chi connectivity index (χ2n) is 8.85. The first-order chi connectivity index (χ1) is 15.0. The van der Waals surface area contributed by atoms with Gasteiger partial charge in [0.05, 0.1) is 17.0 Å². The van der Waals surface area contributed by atoms with Crippen LogP contribution in [0.4, 0.5) is 5.69 Å². The van der Waals surface area contributed by atoms with Crippen LogP contribution in [0, 0.1) is 17.8 Å². The third kappa shape index (κ3) is 2.91. The number of nitrogens with two attached hydrogens (primary N) is 1. The third-order valence-corrected chi connectivity index (χ3v) is 6.73. The van der Waals surface area contributed by atoms with Gasteiger partial charge in [-0.25, -0.2) is 0 Å². The second kappa shape index (κ2) is 7.22. The molecule has 3 aliphatic rings. The molecular weight excluding hydrogens is 416 g/mol. The molecule has 3 atom stereocenters. The number of hydrogen-bond acceptors (Lipinski definition) is 8. The number of ketones is 3. The summed E-state index contributed by atoms with van der Waals surface area (Å²) in [5.41, 5.74) is 5.92. The average molecular weight is 440 g/mol. The maximum absolute atomic E-state index is 13.4. The van der Waals surface area contributed by atoms with Crippen molar-refractivity contribution < 1.29 is 34.5 Å². The molecule has 1 amide bonds. The second-order valence-corrected chi connectivity index (χ2v) is 8.85. The Balaban J connectivity index is 1.94. The van der Waals surface area contributed by atoms with E-state index in [9.17, 15) is 34.5 Å². The molecule has 4 rings (SSSR count). The Bertz CT molecular complexity index is 1180. The summed E-state index contributed by atoms with van der Waals surface area (Å²) in [6, 6.07) is 1.56. The number of allylic oxidation sites excluding steroid dienone is 2. The summed E-state index contributed by atoms with van der Waals surface area (Å²) < 4.78 is 0. The van der Waals surface area contributed by atoms with Crippen LogP contribution in [0.25, 0.3) is 5.76 Å². The predicted octanol–water partition coefficient (Wildman–Crippen LogP) is 1.58. The number of nitrogens with zero attached hydrogens (tertiary/aromatic N) is 1. The molecule has 0 aromatic heterocycles. The van der Waals surface area contributed by atoms with Gasteiger partial charge < -0.3 is 26.0 Å². The van der Waals surface area contributed by atoms with Crippen molar-refractivity contribution in [3.05, 3.63) is 39.7 Å². The lowest BCUT2D eigenvalue weighted by molar-refractivity contribution is -0.127. The summed E-state index contributed by atoms with van der Waals surface area (Å²) in [5, 5.41) is 32.5. The topological polar surface area (TPSA) is 158 Å². The van der Waals surface area contributed by atoms with E-state index < -0.39 is 63.9 Å². The molecule has 1 aromatic rings. The van der Waals surface area contributed by atoms with E-state index in [1.807, 2.05) is 0 Å². The van der Waals surface area contributed by atoms with Crippen LogP contribution in [0.5, 0.6) is 5.75 Å². The number of phenolic OH excluding ortho intramolecular Hbond substituents is 1. The quantitative estimate of drug-likeness (QED) is 0.407. The molecule has 0 saturated heterocycles. The third-order valence-electron chi connectivity index (χ3n) is 6.73. The normalized spacial score (nSPS) is 24.7. The van der Waals surface area contributed by atoms with Crippen molar-refractivity contribution in [2.45, 2.75) is 26.2 Å².